The Morgan fingerprint density at radius 2 is 2.33 bits per heavy atom. The van der Waals surface area contributed by atoms with Crippen molar-refractivity contribution in [1.29, 1.82) is 0 Å². The molecule has 2 unspecified atom stereocenters. The fraction of sp³-hybridized carbons (Fsp3) is 0.471. The summed E-state index contributed by atoms with van der Waals surface area (Å²) in [6, 6.07) is 2.41. The van der Waals surface area contributed by atoms with Crippen LogP contribution in [0.2, 0.25) is 0 Å². The van der Waals surface area contributed by atoms with Gasteiger partial charge in [-0.1, -0.05) is 6.08 Å². The van der Waals surface area contributed by atoms with Crippen molar-refractivity contribution < 1.29 is 4.79 Å². The topological polar surface area (TPSA) is 85.9 Å². The van der Waals surface area contributed by atoms with Gasteiger partial charge in [0.25, 0.3) is 0 Å². The number of aromatic nitrogens is 3. The third kappa shape index (κ3) is 3.56. The third-order valence-electron chi connectivity index (χ3n) is 4.44. The Hall–Kier alpha value is -2.41. The SMILES string of the molecule is CNC/C=C/C(=O)N1CC(Nc2ncnc3[nH]ccc23)CCC1C. The number of likely N-dealkylation sites (N-methyl/N-ethyl adjacent to an activating group) is 1. The van der Waals surface area contributed by atoms with Crippen LogP contribution in [0.1, 0.15) is 19.8 Å². The number of fused-ring (bicyclic) bond motifs is 1. The normalized spacial score (nSPS) is 21.5. The second kappa shape index (κ2) is 7.44. The van der Waals surface area contributed by atoms with Gasteiger partial charge in [0.2, 0.25) is 5.91 Å². The van der Waals surface area contributed by atoms with Gasteiger partial charge in [0.15, 0.2) is 0 Å². The molecule has 7 nitrogen and oxygen atoms in total. The number of piperidine rings is 1. The molecule has 2 aromatic rings. The molecule has 0 spiro atoms. The first-order chi connectivity index (χ1) is 11.7. The van der Waals surface area contributed by atoms with Gasteiger partial charge in [-0.25, -0.2) is 9.97 Å². The van der Waals surface area contributed by atoms with Crippen LogP contribution in [0, 0.1) is 0 Å². The number of nitrogens with zero attached hydrogens (tertiary/aromatic N) is 3. The molecule has 2 atom stereocenters. The molecular formula is C17H24N6O. The van der Waals surface area contributed by atoms with Crippen LogP contribution >= 0.6 is 0 Å². The monoisotopic (exact) mass is 328 g/mol. The highest BCUT2D eigenvalue weighted by atomic mass is 16.2. The highest BCUT2D eigenvalue weighted by Gasteiger charge is 2.28. The van der Waals surface area contributed by atoms with Gasteiger partial charge in [0, 0.05) is 37.4 Å². The largest absolute Gasteiger partial charge is 0.365 e. The lowest BCUT2D eigenvalue weighted by molar-refractivity contribution is -0.129. The smallest absolute Gasteiger partial charge is 0.246 e. The fourth-order valence-electron chi connectivity index (χ4n) is 3.09. The van der Waals surface area contributed by atoms with E-state index in [4.69, 9.17) is 0 Å². The molecule has 0 aliphatic carbocycles. The van der Waals surface area contributed by atoms with E-state index in [2.05, 4.69) is 32.5 Å². The molecule has 1 aliphatic heterocycles. The zero-order chi connectivity index (χ0) is 16.9. The second-order valence-electron chi connectivity index (χ2n) is 6.18. The van der Waals surface area contributed by atoms with E-state index < -0.39 is 0 Å². The lowest BCUT2D eigenvalue weighted by atomic mass is 9.99. The number of hydrogen-bond acceptors (Lipinski definition) is 5. The average Bonchev–Trinajstić information content (AvgIpc) is 3.06. The highest BCUT2D eigenvalue weighted by molar-refractivity contribution is 5.88. The van der Waals surface area contributed by atoms with Gasteiger partial charge in [-0.3, -0.25) is 4.79 Å². The zero-order valence-corrected chi connectivity index (χ0v) is 14.1. The van der Waals surface area contributed by atoms with Crippen molar-refractivity contribution in [2.75, 3.05) is 25.5 Å². The van der Waals surface area contributed by atoms with E-state index in [1.54, 1.807) is 12.4 Å². The summed E-state index contributed by atoms with van der Waals surface area (Å²) < 4.78 is 0. The van der Waals surface area contributed by atoms with Crippen LogP contribution in [-0.2, 0) is 4.79 Å². The molecule has 1 saturated heterocycles. The van der Waals surface area contributed by atoms with Crippen molar-refractivity contribution in [2.45, 2.75) is 31.8 Å². The molecule has 7 heteroatoms. The molecule has 0 aromatic carbocycles. The minimum Gasteiger partial charge on any atom is -0.365 e. The predicted octanol–water partition coefficient (Wildman–Crippen LogP) is 1.52. The molecule has 1 amide bonds. The van der Waals surface area contributed by atoms with Gasteiger partial charge in [0.05, 0.1) is 5.39 Å². The van der Waals surface area contributed by atoms with E-state index in [1.807, 2.05) is 30.3 Å². The number of H-pyrrole nitrogens is 1. The minimum absolute atomic E-state index is 0.0683. The number of amides is 1. The summed E-state index contributed by atoms with van der Waals surface area (Å²) >= 11 is 0. The maximum atomic E-state index is 12.4. The summed E-state index contributed by atoms with van der Waals surface area (Å²) in [5.74, 6) is 0.887. The molecule has 3 N–H and O–H groups in total. The number of hydrogen-bond donors (Lipinski definition) is 3. The number of rotatable bonds is 5. The van der Waals surface area contributed by atoms with Crippen molar-refractivity contribution in [1.82, 2.24) is 25.2 Å². The highest BCUT2D eigenvalue weighted by Crippen LogP contribution is 2.23. The minimum atomic E-state index is 0.0683. The van der Waals surface area contributed by atoms with Crippen LogP contribution in [-0.4, -0.2) is 58.0 Å². The van der Waals surface area contributed by atoms with E-state index >= 15 is 0 Å². The van der Waals surface area contributed by atoms with Crippen molar-refractivity contribution in [3.05, 3.63) is 30.7 Å². The van der Waals surface area contributed by atoms with Gasteiger partial charge in [0.1, 0.15) is 17.8 Å². The summed E-state index contributed by atoms with van der Waals surface area (Å²) in [4.78, 5) is 26.0. The average molecular weight is 328 g/mol. The number of aromatic amines is 1. The first kappa shape index (κ1) is 16.4. The third-order valence-corrected chi connectivity index (χ3v) is 4.44. The fourth-order valence-corrected chi connectivity index (χ4v) is 3.09. The van der Waals surface area contributed by atoms with Crippen LogP contribution in [0.4, 0.5) is 5.82 Å². The summed E-state index contributed by atoms with van der Waals surface area (Å²) in [6.07, 6.45) is 8.92. The molecule has 3 heterocycles. The Morgan fingerprint density at radius 1 is 1.46 bits per heavy atom. The number of nitrogens with one attached hydrogen (secondary N) is 3. The van der Waals surface area contributed by atoms with E-state index in [-0.39, 0.29) is 18.0 Å². The van der Waals surface area contributed by atoms with E-state index in [9.17, 15) is 4.79 Å². The molecular weight excluding hydrogens is 304 g/mol. The Morgan fingerprint density at radius 3 is 3.17 bits per heavy atom. The van der Waals surface area contributed by atoms with Crippen molar-refractivity contribution in [3.63, 3.8) is 0 Å². The lowest BCUT2D eigenvalue weighted by Gasteiger charge is -2.38. The molecule has 1 fully saturated rings. The second-order valence-corrected chi connectivity index (χ2v) is 6.18. The van der Waals surface area contributed by atoms with E-state index in [0.29, 0.717) is 13.1 Å². The van der Waals surface area contributed by atoms with Crippen LogP contribution in [0.3, 0.4) is 0 Å². The first-order valence-corrected chi connectivity index (χ1v) is 8.35. The molecule has 128 valence electrons. The summed E-state index contributed by atoms with van der Waals surface area (Å²) in [7, 11) is 1.86. The molecule has 2 aromatic heterocycles. The quantitative estimate of drug-likeness (QED) is 0.725. The molecule has 0 bridgehead atoms. The zero-order valence-electron chi connectivity index (χ0n) is 14.1. The van der Waals surface area contributed by atoms with Gasteiger partial charge in [-0.2, -0.15) is 0 Å². The van der Waals surface area contributed by atoms with Gasteiger partial charge >= 0.3 is 0 Å². The Bertz CT molecular complexity index is 725. The first-order valence-electron chi connectivity index (χ1n) is 8.35. The number of carbonyl (C=O) groups is 1. The molecule has 0 radical (unpaired) electrons. The molecule has 24 heavy (non-hydrogen) atoms. The van der Waals surface area contributed by atoms with Crippen LogP contribution in [0.15, 0.2) is 30.7 Å². The molecule has 1 aliphatic rings. The van der Waals surface area contributed by atoms with Crippen molar-refractivity contribution >= 4 is 22.8 Å². The van der Waals surface area contributed by atoms with E-state index in [1.165, 1.54) is 0 Å². The summed E-state index contributed by atoms with van der Waals surface area (Å²) in [6.45, 7) is 3.48. The van der Waals surface area contributed by atoms with Gasteiger partial charge in [-0.05, 0) is 32.9 Å². The number of likely N-dealkylation sites (tertiary alicyclic amines) is 1. The number of carbonyl (C=O) groups excluding carboxylic acids is 1. The van der Waals surface area contributed by atoms with Gasteiger partial charge < -0.3 is 20.5 Å². The van der Waals surface area contributed by atoms with Crippen molar-refractivity contribution in [3.8, 4) is 0 Å². The Kier molecular flexibility index (Phi) is 5.10. The predicted molar refractivity (Wildman–Crippen MR) is 94.8 cm³/mol. The van der Waals surface area contributed by atoms with Crippen LogP contribution < -0.4 is 10.6 Å². The number of anilines is 1. The standard InChI is InChI=1S/C17H24N6O/c1-12-5-6-13(10-23(12)15(24)4-3-8-18-2)22-17-14-7-9-19-16(14)20-11-21-17/h3-4,7,9,11-13,18H,5-6,8,10H2,1-2H3,(H2,19,20,21,22)/b4-3+. The van der Waals surface area contributed by atoms with Crippen molar-refractivity contribution in [2.24, 2.45) is 0 Å². The lowest BCUT2D eigenvalue weighted by Crippen LogP contribution is -2.49. The van der Waals surface area contributed by atoms with Crippen LogP contribution in [0.5, 0.6) is 0 Å². The molecule has 0 saturated carbocycles. The maximum Gasteiger partial charge on any atom is 0.246 e. The Labute approximate surface area is 141 Å². The summed E-state index contributed by atoms with van der Waals surface area (Å²) in [5.41, 5.74) is 0.819. The van der Waals surface area contributed by atoms with Gasteiger partial charge in [-0.15, -0.1) is 0 Å². The maximum absolute atomic E-state index is 12.4. The summed E-state index contributed by atoms with van der Waals surface area (Å²) in [5, 5.41) is 7.46. The molecule has 3 rings (SSSR count). The Balaban J connectivity index is 1.69. The van der Waals surface area contributed by atoms with E-state index in [0.717, 1.165) is 29.7 Å². The van der Waals surface area contributed by atoms with Crippen LogP contribution in [0.25, 0.3) is 11.0 Å².